The molecule has 0 amide bonds. The summed E-state index contributed by atoms with van der Waals surface area (Å²) >= 11 is 0. The molecule has 0 aliphatic heterocycles. The fraction of sp³-hybridized carbons (Fsp3) is 0.300. The molecule has 1 atom stereocenters. The number of hydrogen-bond donors (Lipinski definition) is 2. The second kappa shape index (κ2) is 4.05. The van der Waals surface area contributed by atoms with Gasteiger partial charge in [0.25, 0.3) is 0 Å². The van der Waals surface area contributed by atoms with E-state index in [1.165, 1.54) is 0 Å². The third kappa shape index (κ3) is 2.29. The monoisotopic (exact) mass is 177 g/mol. The van der Waals surface area contributed by atoms with E-state index in [0.29, 0.717) is 5.84 Å². The molecule has 1 unspecified atom stereocenters. The Morgan fingerprint density at radius 3 is 2.23 bits per heavy atom. The summed E-state index contributed by atoms with van der Waals surface area (Å²) in [7, 11) is 1.68. The second-order valence-electron chi connectivity index (χ2n) is 3.02. The van der Waals surface area contributed by atoms with Gasteiger partial charge in [0, 0.05) is 18.7 Å². The van der Waals surface area contributed by atoms with Crippen LogP contribution in [-0.4, -0.2) is 12.9 Å². The molecule has 1 rings (SSSR count). The van der Waals surface area contributed by atoms with E-state index < -0.39 is 0 Å². The van der Waals surface area contributed by atoms with E-state index >= 15 is 0 Å². The second-order valence-corrected chi connectivity index (χ2v) is 3.02. The number of benzene rings is 1. The third-order valence-corrected chi connectivity index (χ3v) is 1.97. The molecule has 0 saturated carbocycles. The molecular formula is C10H15N3. The SMILES string of the molecule is CN=C(N)c1ccc(C(C)N)cc1. The average molecular weight is 177 g/mol. The zero-order valence-electron chi connectivity index (χ0n) is 7.99. The van der Waals surface area contributed by atoms with Gasteiger partial charge >= 0.3 is 0 Å². The lowest BCUT2D eigenvalue weighted by atomic mass is 10.1. The van der Waals surface area contributed by atoms with Gasteiger partial charge in [-0.1, -0.05) is 24.3 Å². The Hall–Kier alpha value is -1.35. The maximum Gasteiger partial charge on any atom is 0.125 e. The minimum atomic E-state index is 0.0637. The molecule has 0 radical (unpaired) electrons. The number of nitrogens with zero attached hydrogens (tertiary/aromatic N) is 1. The van der Waals surface area contributed by atoms with E-state index in [2.05, 4.69) is 4.99 Å². The topological polar surface area (TPSA) is 64.4 Å². The smallest absolute Gasteiger partial charge is 0.125 e. The standard InChI is InChI=1S/C10H15N3/c1-7(11)8-3-5-9(6-4-8)10(12)13-2/h3-7H,11H2,1-2H3,(H2,12,13). The number of aliphatic imine (C=N–C) groups is 1. The lowest BCUT2D eigenvalue weighted by Crippen LogP contribution is -2.13. The van der Waals surface area contributed by atoms with Gasteiger partial charge < -0.3 is 11.5 Å². The molecule has 0 aliphatic carbocycles. The summed E-state index contributed by atoms with van der Waals surface area (Å²) < 4.78 is 0. The Balaban J connectivity index is 2.94. The first-order valence-corrected chi connectivity index (χ1v) is 4.23. The summed E-state index contributed by atoms with van der Waals surface area (Å²) in [5.41, 5.74) is 13.4. The maximum atomic E-state index is 5.71. The fourth-order valence-electron chi connectivity index (χ4n) is 1.09. The Bertz CT molecular complexity index is 298. The summed E-state index contributed by atoms with van der Waals surface area (Å²) in [6, 6.07) is 7.87. The third-order valence-electron chi connectivity index (χ3n) is 1.97. The first-order chi connectivity index (χ1) is 6.15. The van der Waals surface area contributed by atoms with Gasteiger partial charge in [-0.2, -0.15) is 0 Å². The van der Waals surface area contributed by atoms with Gasteiger partial charge in [0.05, 0.1) is 0 Å². The van der Waals surface area contributed by atoms with Crippen LogP contribution in [0, 0.1) is 0 Å². The summed E-state index contributed by atoms with van der Waals surface area (Å²) in [6.07, 6.45) is 0. The Labute approximate surface area is 78.5 Å². The fourth-order valence-corrected chi connectivity index (χ4v) is 1.09. The summed E-state index contributed by atoms with van der Waals surface area (Å²) in [5.74, 6) is 0.552. The van der Waals surface area contributed by atoms with E-state index in [9.17, 15) is 0 Å². The van der Waals surface area contributed by atoms with Crippen LogP contribution in [0.15, 0.2) is 29.3 Å². The van der Waals surface area contributed by atoms with Gasteiger partial charge in [0.15, 0.2) is 0 Å². The van der Waals surface area contributed by atoms with Crippen LogP contribution in [-0.2, 0) is 0 Å². The van der Waals surface area contributed by atoms with Gasteiger partial charge in [0.2, 0.25) is 0 Å². The van der Waals surface area contributed by atoms with Crippen molar-refractivity contribution in [2.75, 3.05) is 7.05 Å². The van der Waals surface area contributed by atoms with Crippen LogP contribution in [0.4, 0.5) is 0 Å². The van der Waals surface area contributed by atoms with Crippen LogP contribution in [0.2, 0.25) is 0 Å². The largest absolute Gasteiger partial charge is 0.384 e. The minimum Gasteiger partial charge on any atom is -0.384 e. The van der Waals surface area contributed by atoms with E-state index in [-0.39, 0.29) is 6.04 Å². The van der Waals surface area contributed by atoms with Crippen molar-refractivity contribution in [3.63, 3.8) is 0 Å². The molecule has 3 nitrogen and oxygen atoms in total. The lowest BCUT2D eigenvalue weighted by Gasteiger charge is -2.06. The molecule has 4 N–H and O–H groups in total. The van der Waals surface area contributed by atoms with Gasteiger partial charge in [-0.05, 0) is 12.5 Å². The lowest BCUT2D eigenvalue weighted by molar-refractivity contribution is 0.818. The van der Waals surface area contributed by atoms with Gasteiger partial charge in [-0.15, -0.1) is 0 Å². The number of rotatable bonds is 2. The highest BCUT2D eigenvalue weighted by Crippen LogP contribution is 2.10. The molecule has 1 aromatic carbocycles. The number of amidine groups is 1. The molecule has 0 aromatic heterocycles. The van der Waals surface area contributed by atoms with Crippen molar-refractivity contribution in [3.8, 4) is 0 Å². The van der Waals surface area contributed by atoms with Crippen molar-refractivity contribution < 1.29 is 0 Å². The van der Waals surface area contributed by atoms with E-state index in [4.69, 9.17) is 11.5 Å². The van der Waals surface area contributed by atoms with Crippen LogP contribution in [0.3, 0.4) is 0 Å². The minimum absolute atomic E-state index is 0.0637. The zero-order valence-corrected chi connectivity index (χ0v) is 7.99. The molecule has 0 saturated heterocycles. The molecule has 0 spiro atoms. The predicted octanol–water partition coefficient (Wildman–Crippen LogP) is 1.04. The van der Waals surface area contributed by atoms with Crippen LogP contribution < -0.4 is 11.5 Å². The highest BCUT2D eigenvalue weighted by molar-refractivity contribution is 5.97. The highest BCUT2D eigenvalue weighted by atomic mass is 14.8. The van der Waals surface area contributed by atoms with Crippen LogP contribution in [0.25, 0.3) is 0 Å². The predicted molar refractivity (Wildman–Crippen MR) is 55.7 cm³/mol. The molecular weight excluding hydrogens is 162 g/mol. The Morgan fingerprint density at radius 1 is 1.31 bits per heavy atom. The normalized spacial score (nSPS) is 14.2. The van der Waals surface area contributed by atoms with Gasteiger partial charge in [-0.3, -0.25) is 4.99 Å². The van der Waals surface area contributed by atoms with E-state index in [0.717, 1.165) is 11.1 Å². The van der Waals surface area contributed by atoms with Crippen molar-refractivity contribution in [1.29, 1.82) is 0 Å². The maximum absolute atomic E-state index is 5.71. The van der Waals surface area contributed by atoms with Crippen LogP contribution in [0.1, 0.15) is 24.1 Å². The van der Waals surface area contributed by atoms with Crippen molar-refractivity contribution in [1.82, 2.24) is 0 Å². The van der Waals surface area contributed by atoms with Gasteiger partial charge in [0.1, 0.15) is 5.84 Å². The molecule has 0 bridgehead atoms. The molecule has 70 valence electrons. The Morgan fingerprint density at radius 2 is 1.85 bits per heavy atom. The quantitative estimate of drug-likeness (QED) is 0.523. The first-order valence-electron chi connectivity index (χ1n) is 4.23. The van der Waals surface area contributed by atoms with Crippen molar-refractivity contribution in [2.24, 2.45) is 16.5 Å². The molecule has 0 aliphatic rings. The van der Waals surface area contributed by atoms with E-state index in [1.807, 2.05) is 31.2 Å². The van der Waals surface area contributed by atoms with E-state index in [1.54, 1.807) is 7.05 Å². The summed E-state index contributed by atoms with van der Waals surface area (Å²) in [4.78, 5) is 3.90. The summed E-state index contributed by atoms with van der Waals surface area (Å²) in [6.45, 7) is 1.95. The molecule has 3 heteroatoms. The highest BCUT2D eigenvalue weighted by Gasteiger charge is 2.00. The van der Waals surface area contributed by atoms with Crippen molar-refractivity contribution >= 4 is 5.84 Å². The number of nitrogens with two attached hydrogens (primary N) is 2. The first kappa shape index (κ1) is 9.74. The van der Waals surface area contributed by atoms with Crippen LogP contribution >= 0.6 is 0 Å². The molecule has 1 aromatic rings. The Kier molecular flexibility index (Phi) is 3.03. The zero-order chi connectivity index (χ0) is 9.84. The van der Waals surface area contributed by atoms with Crippen molar-refractivity contribution in [3.05, 3.63) is 35.4 Å². The average Bonchev–Trinajstić information content (AvgIpc) is 2.17. The molecule has 13 heavy (non-hydrogen) atoms. The van der Waals surface area contributed by atoms with Crippen molar-refractivity contribution in [2.45, 2.75) is 13.0 Å². The molecule has 0 fully saturated rings. The summed E-state index contributed by atoms with van der Waals surface area (Å²) in [5, 5.41) is 0. The van der Waals surface area contributed by atoms with Gasteiger partial charge in [-0.25, -0.2) is 0 Å². The number of hydrogen-bond acceptors (Lipinski definition) is 2. The van der Waals surface area contributed by atoms with Crippen LogP contribution in [0.5, 0.6) is 0 Å². The molecule has 0 heterocycles.